The van der Waals surface area contributed by atoms with Gasteiger partial charge in [-0.3, -0.25) is 4.79 Å². The largest absolute Gasteiger partial charge is 0.384 e. The maximum Gasteiger partial charge on any atom is 0.233 e. The molecule has 1 aromatic carbocycles. The Balaban J connectivity index is 0.00000176. The number of amides is 1. The number of fused-ring (bicyclic) bond motifs is 1. The maximum atomic E-state index is 12.7. The number of methoxy groups -OCH3 is 1. The van der Waals surface area contributed by atoms with Crippen molar-refractivity contribution in [1.29, 1.82) is 0 Å². The van der Waals surface area contributed by atoms with Gasteiger partial charge in [0.2, 0.25) is 5.91 Å². The van der Waals surface area contributed by atoms with Crippen LogP contribution in [-0.2, 0) is 9.53 Å². The summed E-state index contributed by atoms with van der Waals surface area (Å²) in [6.07, 6.45) is 1.60. The highest BCUT2D eigenvalue weighted by Crippen LogP contribution is 2.31. The second-order valence-corrected chi connectivity index (χ2v) is 6.34. The Morgan fingerprint density at radius 1 is 1.45 bits per heavy atom. The van der Waals surface area contributed by atoms with E-state index in [1.807, 2.05) is 23.7 Å². The molecule has 0 unspecified atom stereocenters. The fourth-order valence-corrected chi connectivity index (χ4v) is 3.53. The molecule has 0 spiro atoms. The minimum atomic E-state index is -0.428. The first-order valence-corrected chi connectivity index (χ1v) is 7.96. The van der Waals surface area contributed by atoms with Crippen molar-refractivity contribution < 1.29 is 9.53 Å². The highest BCUT2D eigenvalue weighted by Gasteiger charge is 2.39. The third-order valence-corrected chi connectivity index (χ3v) is 4.84. The molecular weight excluding hydrogens is 322 g/mol. The minimum Gasteiger partial charge on any atom is -0.384 e. The zero-order valence-corrected chi connectivity index (χ0v) is 14.1. The van der Waals surface area contributed by atoms with Gasteiger partial charge in [0.05, 0.1) is 27.7 Å². The molecule has 1 aliphatic heterocycles. The average molecular weight is 342 g/mol. The molecular formula is C15H20ClN3O2S. The van der Waals surface area contributed by atoms with Gasteiger partial charge in [-0.05, 0) is 44.1 Å². The normalized spacial score (nSPS) is 17.0. The number of nitrogens with zero attached hydrogens (tertiary/aromatic N) is 1. The maximum absolute atomic E-state index is 12.7. The lowest BCUT2D eigenvalue weighted by Crippen LogP contribution is -2.47. The third kappa shape index (κ3) is 3.41. The van der Waals surface area contributed by atoms with Gasteiger partial charge in [0.1, 0.15) is 0 Å². The standard InChI is InChI=1S/C15H19N3O2S.ClH/c1-20-9-15(4-6-16-7-5-15)14(19)18-11-2-3-12-13(8-11)21-10-17-12;/h2-3,8,10,16H,4-7,9H2,1H3,(H,18,19);1H. The van der Waals surface area contributed by atoms with Crippen LogP contribution in [-0.4, -0.2) is 37.7 Å². The number of nitrogens with one attached hydrogen (secondary N) is 2. The molecule has 1 aliphatic rings. The number of hydrogen-bond acceptors (Lipinski definition) is 5. The number of piperidine rings is 1. The van der Waals surface area contributed by atoms with Gasteiger partial charge in [-0.2, -0.15) is 0 Å². The predicted molar refractivity (Wildman–Crippen MR) is 91.9 cm³/mol. The number of halogens is 1. The van der Waals surface area contributed by atoms with Gasteiger partial charge in [-0.15, -0.1) is 23.7 Å². The summed E-state index contributed by atoms with van der Waals surface area (Å²) in [6.45, 7) is 2.17. The molecule has 0 aliphatic carbocycles. The molecule has 7 heteroatoms. The van der Waals surface area contributed by atoms with Gasteiger partial charge < -0.3 is 15.4 Å². The molecule has 22 heavy (non-hydrogen) atoms. The number of ether oxygens (including phenoxy) is 1. The van der Waals surface area contributed by atoms with Crippen molar-refractivity contribution in [1.82, 2.24) is 10.3 Å². The van der Waals surface area contributed by atoms with E-state index in [1.54, 1.807) is 18.4 Å². The van der Waals surface area contributed by atoms with Crippen molar-refractivity contribution in [2.24, 2.45) is 5.41 Å². The molecule has 1 saturated heterocycles. The Morgan fingerprint density at radius 3 is 2.95 bits per heavy atom. The lowest BCUT2D eigenvalue weighted by Gasteiger charge is -2.35. The molecule has 1 amide bonds. The summed E-state index contributed by atoms with van der Waals surface area (Å²) in [5.74, 6) is 0.0507. The number of rotatable bonds is 4. The first-order chi connectivity index (χ1) is 10.2. The summed E-state index contributed by atoms with van der Waals surface area (Å²) >= 11 is 1.58. The topological polar surface area (TPSA) is 63.2 Å². The summed E-state index contributed by atoms with van der Waals surface area (Å²) in [6, 6.07) is 5.82. The number of carbonyl (C=O) groups is 1. The Kier molecular flexibility index (Phi) is 5.74. The zero-order chi connectivity index (χ0) is 14.7. The summed E-state index contributed by atoms with van der Waals surface area (Å²) in [5.41, 5.74) is 3.18. The van der Waals surface area contributed by atoms with Crippen LogP contribution in [0.4, 0.5) is 5.69 Å². The van der Waals surface area contributed by atoms with Crippen molar-refractivity contribution in [3.8, 4) is 0 Å². The van der Waals surface area contributed by atoms with E-state index in [0.29, 0.717) is 6.61 Å². The van der Waals surface area contributed by atoms with Crippen LogP contribution < -0.4 is 10.6 Å². The van der Waals surface area contributed by atoms with Crippen molar-refractivity contribution in [3.63, 3.8) is 0 Å². The van der Waals surface area contributed by atoms with Crippen molar-refractivity contribution >= 4 is 45.6 Å². The Hall–Kier alpha value is -1.21. The molecule has 0 atom stereocenters. The number of hydrogen-bond donors (Lipinski definition) is 2. The van der Waals surface area contributed by atoms with Crippen molar-refractivity contribution in [2.45, 2.75) is 12.8 Å². The molecule has 2 aromatic rings. The molecule has 0 bridgehead atoms. The van der Waals surface area contributed by atoms with E-state index in [1.165, 1.54) is 0 Å². The number of aromatic nitrogens is 1. The fourth-order valence-electron chi connectivity index (χ4n) is 2.82. The van der Waals surface area contributed by atoms with Crippen LogP contribution in [0.2, 0.25) is 0 Å². The first kappa shape index (κ1) is 17.1. The number of anilines is 1. The highest BCUT2D eigenvalue weighted by molar-refractivity contribution is 7.16. The molecule has 2 heterocycles. The van der Waals surface area contributed by atoms with E-state index in [4.69, 9.17) is 4.74 Å². The quantitative estimate of drug-likeness (QED) is 0.897. The van der Waals surface area contributed by atoms with Gasteiger partial charge >= 0.3 is 0 Å². The van der Waals surface area contributed by atoms with Gasteiger partial charge in [-0.1, -0.05) is 0 Å². The lowest BCUT2D eigenvalue weighted by molar-refractivity contribution is -0.130. The summed E-state index contributed by atoms with van der Waals surface area (Å²) < 4.78 is 6.39. The van der Waals surface area contributed by atoms with E-state index in [9.17, 15) is 4.79 Å². The van der Waals surface area contributed by atoms with E-state index in [2.05, 4.69) is 15.6 Å². The Morgan fingerprint density at radius 2 is 2.23 bits per heavy atom. The molecule has 5 nitrogen and oxygen atoms in total. The molecule has 0 radical (unpaired) electrons. The molecule has 1 aromatic heterocycles. The molecule has 0 saturated carbocycles. The first-order valence-electron chi connectivity index (χ1n) is 7.08. The van der Waals surface area contributed by atoms with Gasteiger partial charge in [0.15, 0.2) is 0 Å². The minimum absolute atomic E-state index is 0. The SMILES string of the molecule is COCC1(C(=O)Nc2ccc3ncsc3c2)CCNCC1.Cl. The molecule has 3 rings (SSSR count). The molecule has 1 fully saturated rings. The van der Waals surface area contributed by atoms with Crippen LogP contribution in [0.3, 0.4) is 0 Å². The van der Waals surface area contributed by atoms with E-state index in [-0.39, 0.29) is 18.3 Å². The van der Waals surface area contributed by atoms with E-state index in [0.717, 1.165) is 41.8 Å². The van der Waals surface area contributed by atoms with Gasteiger partial charge in [-0.25, -0.2) is 4.98 Å². The summed E-state index contributed by atoms with van der Waals surface area (Å²) in [7, 11) is 1.65. The van der Waals surface area contributed by atoms with Gasteiger partial charge in [0, 0.05) is 12.8 Å². The third-order valence-electron chi connectivity index (χ3n) is 4.05. The van der Waals surface area contributed by atoms with Crippen molar-refractivity contribution in [3.05, 3.63) is 23.7 Å². The zero-order valence-electron chi connectivity index (χ0n) is 12.4. The second kappa shape index (κ2) is 7.37. The smallest absolute Gasteiger partial charge is 0.233 e. The van der Waals surface area contributed by atoms with E-state index >= 15 is 0 Å². The number of benzene rings is 1. The Labute approximate surface area is 139 Å². The van der Waals surface area contributed by atoms with Crippen LogP contribution in [0.15, 0.2) is 23.7 Å². The lowest BCUT2D eigenvalue weighted by atomic mass is 9.78. The average Bonchev–Trinajstić information content (AvgIpc) is 2.96. The number of carbonyl (C=O) groups excluding carboxylic acids is 1. The van der Waals surface area contributed by atoms with Gasteiger partial charge in [0.25, 0.3) is 0 Å². The van der Waals surface area contributed by atoms with Crippen LogP contribution in [0, 0.1) is 5.41 Å². The Bertz CT molecular complexity index is 635. The van der Waals surface area contributed by atoms with Crippen LogP contribution in [0.5, 0.6) is 0 Å². The number of thiazole rings is 1. The second-order valence-electron chi connectivity index (χ2n) is 5.45. The van der Waals surface area contributed by atoms with Crippen molar-refractivity contribution in [2.75, 3.05) is 32.1 Å². The fraction of sp³-hybridized carbons (Fsp3) is 0.467. The van der Waals surface area contributed by atoms with Crippen LogP contribution in [0.25, 0.3) is 10.2 Å². The van der Waals surface area contributed by atoms with Crippen LogP contribution in [0.1, 0.15) is 12.8 Å². The molecule has 120 valence electrons. The summed E-state index contributed by atoms with van der Waals surface area (Å²) in [4.78, 5) is 17.0. The van der Waals surface area contributed by atoms with Crippen LogP contribution >= 0.6 is 23.7 Å². The summed E-state index contributed by atoms with van der Waals surface area (Å²) in [5, 5.41) is 6.35. The molecule has 2 N–H and O–H groups in total. The van der Waals surface area contributed by atoms with E-state index < -0.39 is 5.41 Å². The monoisotopic (exact) mass is 341 g/mol. The predicted octanol–water partition coefficient (Wildman–Crippen LogP) is 2.67. The highest BCUT2D eigenvalue weighted by atomic mass is 35.5.